The number of nitrogens with zero attached hydrogens (tertiary/aromatic N) is 1. The van der Waals surface area contributed by atoms with Gasteiger partial charge in [-0.1, -0.05) is 31.0 Å². The van der Waals surface area contributed by atoms with E-state index < -0.39 is 0 Å². The van der Waals surface area contributed by atoms with Gasteiger partial charge in [0.1, 0.15) is 0 Å². The molecule has 4 N–H and O–H groups in total. The van der Waals surface area contributed by atoms with E-state index in [2.05, 4.69) is 10.3 Å². The number of aromatic nitrogens is 1. The summed E-state index contributed by atoms with van der Waals surface area (Å²) in [6.45, 7) is 0.763. The van der Waals surface area contributed by atoms with Gasteiger partial charge in [0.05, 0.1) is 29.2 Å². The van der Waals surface area contributed by atoms with Crippen molar-refractivity contribution in [1.29, 1.82) is 0 Å². The lowest BCUT2D eigenvalue weighted by atomic mass is 9.86. The van der Waals surface area contributed by atoms with E-state index in [1.54, 1.807) is 6.20 Å². The zero-order valence-electron chi connectivity index (χ0n) is 11.5. The molecule has 20 heavy (non-hydrogen) atoms. The molecule has 0 spiro atoms. The molecule has 2 unspecified atom stereocenters. The summed E-state index contributed by atoms with van der Waals surface area (Å²) in [5.41, 5.74) is 8.59. The van der Waals surface area contributed by atoms with E-state index in [4.69, 9.17) is 5.73 Å². The number of anilines is 2. The number of para-hydroxylation sites is 1. The van der Waals surface area contributed by atoms with Gasteiger partial charge in [0.25, 0.3) is 0 Å². The van der Waals surface area contributed by atoms with E-state index >= 15 is 0 Å². The second kappa shape index (κ2) is 5.67. The Morgan fingerprint density at radius 1 is 1.25 bits per heavy atom. The standard InChI is InChI=1S/C16H21N3O/c17-13-10-18-14-7-3-2-6-12(14)16(13)19-9-11-5-1-4-8-15(11)20/h2-3,6-7,10-11,15,20H,1,4-5,8-9,17H2,(H,18,19). The first-order valence-corrected chi connectivity index (χ1v) is 7.31. The van der Waals surface area contributed by atoms with E-state index in [1.165, 1.54) is 6.42 Å². The van der Waals surface area contributed by atoms with Gasteiger partial charge < -0.3 is 16.2 Å². The molecule has 2 aromatic rings. The zero-order valence-corrected chi connectivity index (χ0v) is 11.5. The largest absolute Gasteiger partial charge is 0.396 e. The van der Waals surface area contributed by atoms with Gasteiger partial charge in [0, 0.05) is 17.8 Å². The van der Waals surface area contributed by atoms with Crippen molar-refractivity contribution in [2.75, 3.05) is 17.6 Å². The number of aliphatic hydroxyl groups excluding tert-OH is 1. The van der Waals surface area contributed by atoms with Crippen molar-refractivity contribution in [2.45, 2.75) is 31.8 Å². The maximum absolute atomic E-state index is 10.0. The second-order valence-electron chi connectivity index (χ2n) is 5.60. The first kappa shape index (κ1) is 13.2. The predicted octanol–water partition coefficient (Wildman–Crippen LogP) is 2.78. The second-order valence-corrected chi connectivity index (χ2v) is 5.60. The van der Waals surface area contributed by atoms with Gasteiger partial charge in [0.15, 0.2) is 0 Å². The van der Waals surface area contributed by atoms with Crippen LogP contribution < -0.4 is 11.1 Å². The summed E-state index contributed by atoms with van der Waals surface area (Å²) < 4.78 is 0. The molecule has 2 atom stereocenters. The molecular weight excluding hydrogens is 250 g/mol. The molecule has 3 rings (SSSR count). The average molecular weight is 271 g/mol. The maximum Gasteiger partial charge on any atom is 0.0743 e. The number of rotatable bonds is 3. The van der Waals surface area contributed by atoms with Gasteiger partial charge in [-0.3, -0.25) is 4.98 Å². The minimum absolute atomic E-state index is 0.189. The number of pyridine rings is 1. The Kier molecular flexibility index (Phi) is 3.74. The van der Waals surface area contributed by atoms with Gasteiger partial charge >= 0.3 is 0 Å². The number of nitrogens with two attached hydrogens (primary N) is 1. The van der Waals surface area contributed by atoms with Crippen molar-refractivity contribution < 1.29 is 5.11 Å². The van der Waals surface area contributed by atoms with Crippen LogP contribution in [0.15, 0.2) is 30.5 Å². The number of hydrogen-bond acceptors (Lipinski definition) is 4. The topological polar surface area (TPSA) is 71.2 Å². The van der Waals surface area contributed by atoms with Crippen LogP contribution in [0.1, 0.15) is 25.7 Å². The molecule has 1 heterocycles. The van der Waals surface area contributed by atoms with Crippen LogP contribution in [0.4, 0.5) is 11.4 Å². The molecule has 1 saturated carbocycles. The van der Waals surface area contributed by atoms with Gasteiger partial charge in [-0.2, -0.15) is 0 Å². The van der Waals surface area contributed by atoms with Crippen LogP contribution in [-0.2, 0) is 0 Å². The average Bonchev–Trinajstić information content (AvgIpc) is 2.48. The lowest BCUT2D eigenvalue weighted by Crippen LogP contribution is -2.30. The number of aliphatic hydroxyl groups is 1. The molecule has 1 aromatic carbocycles. The number of benzene rings is 1. The molecule has 0 amide bonds. The van der Waals surface area contributed by atoms with Crippen molar-refractivity contribution in [3.05, 3.63) is 30.5 Å². The number of fused-ring (bicyclic) bond motifs is 1. The van der Waals surface area contributed by atoms with Crippen LogP contribution >= 0.6 is 0 Å². The minimum atomic E-state index is -0.189. The summed E-state index contributed by atoms with van der Waals surface area (Å²) in [5.74, 6) is 0.315. The molecule has 4 nitrogen and oxygen atoms in total. The molecule has 1 aromatic heterocycles. The SMILES string of the molecule is Nc1cnc2ccccc2c1NCC1CCCCC1O. The third-order valence-corrected chi connectivity index (χ3v) is 4.21. The molecular formula is C16H21N3O. The first-order chi connectivity index (χ1) is 9.75. The number of nitrogens with one attached hydrogen (secondary N) is 1. The molecule has 1 fully saturated rings. The summed E-state index contributed by atoms with van der Waals surface area (Å²) in [5, 5.41) is 14.5. The normalized spacial score (nSPS) is 22.9. The van der Waals surface area contributed by atoms with Crippen LogP contribution in [0.2, 0.25) is 0 Å². The van der Waals surface area contributed by atoms with Crippen molar-refractivity contribution >= 4 is 22.3 Å². The lowest BCUT2D eigenvalue weighted by molar-refractivity contribution is 0.0763. The molecule has 1 aliphatic rings. The Balaban J connectivity index is 1.81. The smallest absolute Gasteiger partial charge is 0.0743 e. The van der Waals surface area contributed by atoms with Crippen molar-refractivity contribution in [1.82, 2.24) is 4.98 Å². The molecule has 0 bridgehead atoms. The van der Waals surface area contributed by atoms with E-state index in [9.17, 15) is 5.11 Å². The Labute approximate surface area is 119 Å². The summed E-state index contributed by atoms with van der Waals surface area (Å²) in [6, 6.07) is 7.97. The maximum atomic E-state index is 10.0. The highest BCUT2D eigenvalue weighted by Crippen LogP contribution is 2.30. The third-order valence-electron chi connectivity index (χ3n) is 4.21. The van der Waals surface area contributed by atoms with E-state index in [1.807, 2.05) is 24.3 Å². The molecule has 106 valence electrons. The van der Waals surface area contributed by atoms with Crippen molar-refractivity contribution in [2.24, 2.45) is 5.92 Å². The highest BCUT2D eigenvalue weighted by Gasteiger charge is 2.23. The predicted molar refractivity (Wildman–Crippen MR) is 82.6 cm³/mol. The van der Waals surface area contributed by atoms with Gasteiger partial charge in [-0.05, 0) is 18.9 Å². The first-order valence-electron chi connectivity index (χ1n) is 7.31. The summed E-state index contributed by atoms with van der Waals surface area (Å²) in [4.78, 5) is 4.34. The fraction of sp³-hybridized carbons (Fsp3) is 0.438. The third kappa shape index (κ3) is 2.56. The minimum Gasteiger partial charge on any atom is -0.396 e. The van der Waals surface area contributed by atoms with E-state index in [0.717, 1.165) is 42.4 Å². The summed E-state index contributed by atoms with van der Waals surface area (Å²) in [6.07, 6.45) is 5.84. The van der Waals surface area contributed by atoms with Gasteiger partial charge in [0.2, 0.25) is 0 Å². The van der Waals surface area contributed by atoms with Crippen LogP contribution in [0.25, 0.3) is 10.9 Å². The zero-order chi connectivity index (χ0) is 13.9. The van der Waals surface area contributed by atoms with Crippen molar-refractivity contribution in [3.63, 3.8) is 0 Å². The van der Waals surface area contributed by atoms with E-state index in [0.29, 0.717) is 11.6 Å². The Morgan fingerprint density at radius 2 is 2.05 bits per heavy atom. The fourth-order valence-corrected chi connectivity index (χ4v) is 3.01. The summed E-state index contributed by atoms with van der Waals surface area (Å²) in [7, 11) is 0. The molecule has 0 aliphatic heterocycles. The van der Waals surface area contributed by atoms with E-state index in [-0.39, 0.29) is 6.10 Å². The van der Waals surface area contributed by atoms with Crippen LogP contribution in [0.3, 0.4) is 0 Å². The molecule has 0 radical (unpaired) electrons. The highest BCUT2D eigenvalue weighted by molar-refractivity contribution is 5.96. The Bertz CT molecular complexity index is 599. The quantitative estimate of drug-likeness (QED) is 0.802. The number of hydrogen-bond donors (Lipinski definition) is 3. The Morgan fingerprint density at radius 3 is 2.90 bits per heavy atom. The molecule has 1 aliphatic carbocycles. The van der Waals surface area contributed by atoms with Crippen molar-refractivity contribution in [3.8, 4) is 0 Å². The Hall–Kier alpha value is -1.81. The van der Waals surface area contributed by atoms with Crippen LogP contribution in [0, 0.1) is 5.92 Å². The monoisotopic (exact) mass is 271 g/mol. The van der Waals surface area contributed by atoms with Crippen LogP contribution in [-0.4, -0.2) is 22.7 Å². The van der Waals surface area contributed by atoms with Crippen LogP contribution in [0.5, 0.6) is 0 Å². The number of nitrogen functional groups attached to an aromatic ring is 1. The summed E-state index contributed by atoms with van der Waals surface area (Å²) >= 11 is 0. The van der Waals surface area contributed by atoms with Gasteiger partial charge in [-0.15, -0.1) is 0 Å². The highest BCUT2D eigenvalue weighted by atomic mass is 16.3. The fourth-order valence-electron chi connectivity index (χ4n) is 3.01. The lowest BCUT2D eigenvalue weighted by Gasteiger charge is -2.28. The molecule has 4 heteroatoms. The van der Waals surface area contributed by atoms with Gasteiger partial charge in [-0.25, -0.2) is 0 Å². The molecule has 0 saturated heterocycles.